The summed E-state index contributed by atoms with van der Waals surface area (Å²) in [5, 5.41) is 7.01. The van der Waals surface area contributed by atoms with Gasteiger partial charge in [0, 0.05) is 37.2 Å². The third-order valence-electron chi connectivity index (χ3n) is 4.08. The molecule has 1 saturated heterocycles. The lowest BCUT2D eigenvalue weighted by molar-refractivity contribution is 0.102. The van der Waals surface area contributed by atoms with Crippen LogP contribution < -0.4 is 10.2 Å². The molecule has 0 saturated carbocycles. The van der Waals surface area contributed by atoms with Crippen LogP contribution in [0.1, 0.15) is 28.9 Å². The molecule has 1 N–H and O–H groups in total. The highest BCUT2D eigenvalue weighted by molar-refractivity contribution is 6.04. The monoisotopic (exact) mass is 284 g/mol. The SMILES string of the molecule is Cc1c(C(=O)Nc2ccc(N3CCCC3)cc2)cnn1C. The maximum absolute atomic E-state index is 12.2. The lowest BCUT2D eigenvalue weighted by atomic mass is 10.2. The van der Waals surface area contributed by atoms with Gasteiger partial charge >= 0.3 is 0 Å². The number of benzene rings is 1. The number of carbonyl (C=O) groups is 1. The summed E-state index contributed by atoms with van der Waals surface area (Å²) in [7, 11) is 1.83. The summed E-state index contributed by atoms with van der Waals surface area (Å²) in [6, 6.07) is 8.04. The van der Waals surface area contributed by atoms with Crippen molar-refractivity contribution in [2.75, 3.05) is 23.3 Å². The van der Waals surface area contributed by atoms with Crippen molar-refractivity contribution in [1.82, 2.24) is 9.78 Å². The maximum atomic E-state index is 12.2. The molecule has 110 valence electrons. The largest absolute Gasteiger partial charge is 0.372 e. The molecule has 0 bridgehead atoms. The fourth-order valence-electron chi connectivity index (χ4n) is 2.65. The Bertz CT molecular complexity index is 639. The molecular formula is C16H20N4O. The average Bonchev–Trinajstić information content (AvgIpc) is 3.11. The molecule has 3 rings (SSSR count). The molecule has 0 radical (unpaired) electrons. The molecule has 1 fully saturated rings. The molecule has 5 nitrogen and oxygen atoms in total. The molecule has 0 atom stereocenters. The van der Waals surface area contributed by atoms with Gasteiger partial charge in [0.1, 0.15) is 0 Å². The maximum Gasteiger partial charge on any atom is 0.259 e. The van der Waals surface area contributed by atoms with Gasteiger partial charge < -0.3 is 10.2 Å². The Morgan fingerprint density at radius 3 is 2.43 bits per heavy atom. The molecular weight excluding hydrogens is 264 g/mol. The second-order valence-electron chi connectivity index (χ2n) is 5.46. The van der Waals surface area contributed by atoms with Crippen molar-refractivity contribution < 1.29 is 4.79 Å². The zero-order chi connectivity index (χ0) is 14.8. The number of anilines is 2. The van der Waals surface area contributed by atoms with E-state index in [9.17, 15) is 4.79 Å². The van der Waals surface area contributed by atoms with Gasteiger partial charge in [0.2, 0.25) is 0 Å². The van der Waals surface area contributed by atoms with E-state index >= 15 is 0 Å². The summed E-state index contributed by atoms with van der Waals surface area (Å²) in [5.41, 5.74) is 3.51. The molecule has 0 unspecified atom stereocenters. The zero-order valence-electron chi connectivity index (χ0n) is 12.5. The number of hydrogen-bond donors (Lipinski definition) is 1. The Kier molecular flexibility index (Phi) is 3.64. The molecule has 0 aliphatic carbocycles. The number of aromatic nitrogens is 2. The van der Waals surface area contributed by atoms with E-state index in [0.717, 1.165) is 24.5 Å². The van der Waals surface area contributed by atoms with E-state index in [2.05, 4.69) is 27.4 Å². The van der Waals surface area contributed by atoms with Gasteiger partial charge in [-0.1, -0.05) is 0 Å². The molecule has 1 aliphatic rings. The summed E-state index contributed by atoms with van der Waals surface area (Å²) in [5.74, 6) is -0.116. The first-order valence-corrected chi connectivity index (χ1v) is 7.30. The van der Waals surface area contributed by atoms with E-state index in [4.69, 9.17) is 0 Å². The lowest BCUT2D eigenvalue weighted by Crippen LogP contribution is -2.17. The van der Waals surface area contributed by atoms with Crippen molar-refractivity contribution in [3.8, 4) is 0 Å². The van der Waals surface area contributed by atoms with Gasteiger partial charge in [-0.25, -0.2) is 0 Å². The van der Waals surface area contributed by atoms with Crippen LogP contribution in [0.2, 0.25) is 0 Å². The van der Waals surface area contributed by atoms with Gasteiger partial charge in [0.05, 0.1) is 11.8 Å². The van der Waals surface area contributed by atoms with Crippen LogP contribution in [0.15, 0.2) is 30.5 Å². The second kappa shape index (κ2) is 5.60. The summed E-state index contributed by atoms with van der Waals surface area (Å²) in [6.45, 7) is 4.14. The molecule has 1 aromatic heterocycles. The minimum atomic E-state index is -0.116. The number of aryl methyl sites for hydroxylation is 1. The normalized spacial score (nSPS) is 14.5. The Labute approximate surface area is 124 Å². The first-order valence-electron chi connectivity index (χ1n) is 7.30. The van der Waals surface area contributed by atoms with E-state index in [-0.39, 0.29) is 5.91 Å². The molecule has 5 heteroatoms. The lowest BCUT2D eigenvalue weighted by Gasteiger charge is -2.17. The van der Waals surface area contributed by atoms with Gasteiger partial charge in [-0.15, -0.1) is 0 Å². The van der Waals surface area contributed by atoms with Crippen molar-refractivity contribution in [1.29, 1.82) is 0 Å². The smallest absolute Gasteiger partial charge is 0.259 e. The predicted molar refractivity (Wildman–Crippen MR) is 83.8 cm³/mol. The fourth-order valence-corrected chi connectivity index (χ4v) is 2.65. The topological polar surface area (TPSA) is 50.2 Å². The molecule has 2 aromatic rings. The Morgan fingerprint density at radius 2 is 1.86 bits per heavy atom. The van der Waals surface area contributed by atoms with Gasteiger partial charge in [0.15, 0.2) is 0 Å². The fraction of sp³-hybridized carbons (Fsp3) is 0.375. The van der Waals surface area contributed by atoms with Crippen molar-refractivity contribution in [3.63, 3.8) is 0 Å². The minimum absolute atomic E-state index is 0.116. The van der Waals surface area contributed by atoms with Crippen molar-refractivity contribution in [3.05, 3.63) is 41.7 Å². The summed E-state index contributed by atoms with van der Waals surface area (Å²) in [4.78, 5) is 14.6. The number of hydrogen-bond acceptors (Lipinski definition) is 3. The second-order valence-corrected chi connectivity index (χ2v) is 5.46. The van der Waals surface area contributed by atoms with E-state index in [1.54, 1.807) is 10.9 Å². The number of nitrogens with one attached hydrogen (secondary N) is 1. The molecule has 0 spiro atoms. The number of carbonyl (C=O) groups excluding carboxylic acids is 1. The van der Waals surface area contributed by atoms with Crippen LogP contribution in [-0.4, -0.2) is 28.8 Å². The van der Waals surface area contributed by atoms with Crippen LogP contribution in [-0.2, 0) is 7.05 Å². The molecule has 21 heavy (non-hydrogen) atoms. The van der Waals surface area contributed by atoms with Crippen LogP contribution >= 0.6 is 0 Å². The third kappa shape index (κ3) is 2.77. The summed E-state index contributed by atoms with van der Waals surface area (Å²) < 4.78 is 1.70. The Hall–Kier alpha value is -2.30. The van der Waals surface area contributed by atoms with E-state index < -0.39 is 0 Å². The van der Waals surface area contributed by atoms with Crippen molar-refractivity contribution in [2.45, 2.75) is 19.8 Å². The standard InChI is InChI=1S/C16H20N4O/c1-12-15(11-17-19(12)2)16(21)18-13-5-7-14(8-6-13)20-9-3-4-10-20/h5-8,11H,3-4,9-10H2,1-2H3,(H,18,21). The van der Waals surface area contributed by atoms with Crippen LogP contribution in [0.3, 0.4) is 0 Å². The average molecular weight is 284 g/mol. The number of nitrogens with zero attached hydrogens (tertiary/aromatic N) is 3. The highest BCUT2D eigenvalue weighted by Gasteiger charge is 2.14. The van der Waals surface area contributed by atoms with Crippen LogP contribution in [0.5, 0.6) is 0 Å². The van der Waals surface area contributed by atoms with Gasteiger partial charge in [-0.3, -0.25) is 9.48 Å². The van der Waals surface area contributed by atoms with Crippen molar-refractivity contribution in [2.24, 2.45) is 7.05 Å². The first kappa shape index (κ1) is 13.7. The van der Waals surface area contributed by atoms with Crippen LogP contribution in [0, 0.1) is 6.92 Å². The molecule has 1 aromatic carbocycles. The quantitative estimate of drug-likeness (QED) is 0.942. The van der Waals surface area contributed by atoms with E-state index in [1.807, 2.05) is 26.1 Å². The Morgan fingerprint density at radius 1 is 1.19 bits per heavy atom. The first-order chi connectivity index (χ1) is 10.1. The van der Waals surface area contributed by atoms with Gasteiger partial charge in [-0.2, -0.15) is 5.10 Å². The summed E-state index contributed by atoms with van der Waals surface area (Å²) >= 11 is 0. The van der Waals surface area contributed by atoms with Gasteiger partial charge in [-0.05, 0) is 44.0 Å². The van der Waals surface area contributed by atoms with Gasteiger partial charge in [0.25, 0.3) is 5.91 Å². The molecule has 1 aliphatic heterocycles. The predicted octanol–water partition coefficient (Wildman–Crippen LogP) is 2.58. The van der Waals surface area contributed by atoms with E-state index in [0.29, 0.717) is 5.56 Å². The van der Waals surface area contributed by atoms with E-state index in [1.165, 1.54) is 18.5 Å². The van der Waals surface area contributed by atoms with Crippen molar-refractivity contribution >= 4 is 17.3 Å². The number of rotatable bonds is 3. The number of amides is 1. The van der Waals surface area contributed by atoms with Crippen LogP contribution in [0.25, 0.3) is 0 Å². The Balaban J connectivity index is 1.70. The van der Waals surface area contributed by atoms with Crippen LogP contribution in [0.4, 0.5) is 11.4 Å². The molecule has 2 heterocycles. The minimum Gasteiger partial charge on any atom is -0.372 e. The molecule has 1 amide bonds. The highest BCUT2D eigenvalue weighted by atomic mass is 16.1. The summed E-state index contributed by atoms with van der Waals surface area (Å²) in [6.07, 6.45) is 4.13. The zero-order valence-corrected chi connectivity index (χ0v) is 12.5. The third-order valence-corrected chi connectivity index (χ3v) is 4.08. The highest BCUT2D eigenvalue weighted by Crippen LogP contribution is 2.22.